The van der Waals surface area contributed by atoms with Gasteiger partial charge < -0.3 is 20.1 Å². The first-order valence-electron chi connectivity index (χ1n) is 21.7. The van der Waals surface area contributed by atoms with Gasteiger partial charge in [-0.2, -0.15) is 0 Å². The Balaban J connectivity index is 4.22. The molecule has 0 saturated heterocycles. The van der Waals surface area contributed by atoms with Crippen LogP contribution in [-0.4, -0.2) is 49.9 Å². The molecule has 0 bridgehead atoms. The summed E-state index contributed by atoms with van der Waals surface area (Å²) in [6.45, 7) is 4.46. The van der Waals surface area contributed by atoms with E-state index in [-0.39, 0.29) is 32.8 Å². The van der Waals surface area contributed by atoms with Crippen LogP contribution in [0.2, 0.25) is 0 Å². The number of carbonyl (C=O) groups excluding carboxylic acids is 1. The Bertz CT molecular complexity index is 1340. The molecule has 326 valence electrons. The van der Waals surface area contributed by atoms with E-state index >= 15 is 0 Å². The Labute approximate surface area is 353 Å². The Kier molecular flexibility index (Phi) is 42.1. The van der Waals surface area contributed by atoms with Gasteiger partial charge in [0.2, 0.25) is 0 Å². The predicted octanol–water partition coefficient (Wildman–Crippen LogP) is 13.2. The van der Waals surface area contributed by atoms with Gasteiger partial charge in [0, 0.05) is 19.6 Å². The largest absolute Gasteiger partial charge is 0.472 e. The number of phosphoric acid groups is 1. The van der Waals surface area contributed by atoms with Gasteiger partial charge in [-0.3, -0.25) is 13.8 Å². The van der Waals surface area contributed by atoms with Crippen molar-refractivity contribution in [1.29, 1.82) is 0 Å². The van der Waals surface area contributed by atoms with Crippen molar-refractivity contribution in [3.8, 4) is 0 Å². The maximum atomic E-state index is 12.6. The van der Waals surface area contributed by atoms with E-state index in [0.29, 0.717) is 13.0 Å². The van der Waals surface area contributed by atoms with Gasteiger partial charge in [-0.15, -0.1) is 0 Å². The number of hydrogen-bond donors (Lipinski definition) is 2. The number of carbonyl (C=O) groups is 1. The Hall–Kier alpha value is -3.36. The fourth-order valence-corrected chi connectivity index (χ4v) is 5.73. The van der Waals surface area contributed by atoms with E-state index in [1.54, 1.807) is 0 Å². The molecule has 0 aliphatic rings. The van der Waals surface area contributed by atoms with Gasteiger partial charge in [-0.25, -0.2) is 4.57 Å². The number of rotatable bonds is 39. The van der Waals surface area contributed by atoms with Crippen molar-refractivity contribution < 1.29 is 32.8 Å². The zero-order chi connectivity index (χ0) is 42.3. The topological polar surface area (TPSA) is 117 Å². The predicted molar refractivity (Wildman–Crippen MR) is 246 cm³/mol. The molecule has 0 heterocycles. The molecular weight excluding hydrogens is 746 g/mol. The molecule has 0 radical (unpaired) electrons. The Morgan fingerprint density at radius 2 is 0.897 bits per heavy atom. The number of esters is 1. The van der Waals surface area contributed by atoms with Crippen LogP contribution >= 0.6 is 7.82 Å². The number of allylic oxidation sites excluding steroid dienone is 22. The molecule has 9 heteroatoms. The minimum absolute atomic E-state index is 0.0586. The highest BCUT2D eigenvalue weighted by atomic mass is 31.2. The summed E-state index contributed by atoms with van der Waals surface area (Å²) < 4.78 is 33.3. The number of hydrogen-bond acceptors (Lipinski definition) is 7. The molecule has 2 atom stereocenters. The second kappa shape index (κ2) is 44.7. The third-order valence-electron chi connectivity index (χ3n) is 8.06. The van der Waals surface area contributed by atoms with Crippen LogP contribution in [0.15, 0.2) is 134 Å². The van der Waals surface area contributed by atoms with Crippen molar-refractivity contribution in [1.82, 2.24) is 0 Å². The van der Waals surface area contributed by atoms with Gasteiger partial charge in [0.1, 0.15) is 6.10 Å². The van der Waals surface area contributed by atoms with E-state index in [0.717, 1.165) is 103 Å². The average Bonchev–Trinajstić information content (AvgIpc) is 3.21. The first-order valence-corrected chi connectivity index (χ1v) is 23.2. The third kappa shape index (κ3) is 43.8. The molecule has 8 nitrogen and oxygen atoms in total. The molecule has 0 fully saturated rings. The van der Waals surface area contributed by atoms with Crippen LogP contribution < -0.4 is 5.73 Å². The molecule has 0 amide bonds. The van der Waals surface area contributed by atoms with Gasteiger partial charge in [0.15, 0.2) is 0 Å². The minimum Gasteiger partial charge on any atom is -0.457 e. The summed E-state index contributed by atoms with van der Waals surface area (Å²) in [7, 11) is -4.31. The van der Waals surface area contributed by atoms with Crippen LogP contribution in [0.5, 0.6) is 0 Å². The van der Waals surface area contributed by atoms with Crippen molar-refractivity contribution in [2.75, 3.05) is 33.0 Å². The van der Waals surface area contributed by atoms with Crippen LogP contribution in [-0.2, 0) is 27.9 Å². The fraction of sp³-hybridized carbons (Fsp3) is 0.531. The number of phosphoric ester groups is 1. The van der Waals surface area contributed by atoms with Crippen LogP contribution in [0.3, 0.4) is 0 Å². The summed E-state index contributed by atoms with van der Waals surface area (Å²) in [4.78, 5) is 22.4. The van der Waals surface area contributed by atoms with Gasteiger partial charge in [0.05, 0.1) is 19.8 Å². The molecule has 0 spiro atoms. The lowest BCUT2D eigenvalue weighted by Crippen LogP contribution is -2.28. The van der Waals surface area contributed by atoms with Gasteiger partial charge in [-0.05, 0) is 109 Å². The summed E-state index contributed by atoms with van der Waals surface area (Å²) in [5.74, 6) is -0.393. The smallest absolute Gasteiger partial charge is 0.457 e. The lowest BCUT2D eigenvalue weighted by molar-refractivity contribution is -0.154. The molecule has 3 N–H and O–H groups in total. The van der Waals surface area contributed by atoms with Crippen molar-refractivity contribution in [3.05, 3.63) is 134 Å². The second-order valence-corrected chi connectivity index (χ2v) is 14.9. The van der Waals surface area contributed by atoms with Gasteiger partial charge in [-0.1, -0.05) is 148 Å². The van der Waals surface area contributed by atoms with Crippen molar-refractivity contribution >= 4 is 13.8 Å². The highest BCUT2D eigenvalue weighted by Gasteiger charge is 2.25. The molecular formula is C49H78NO7P. The van der Waals surface area contributed by atoms with E-state index in [1.165, 1.54) is 0 Å². The summed E-state index contributed by atoms with van der Waals surface area (Å²) in [5, 5.41) is 0. The van der Waals surface area contributed by atoms with Crippen LogP contribution in [0.25, 0.3) is 0 Å². The Morgan fingerprint density at radius 1 is 0.517 bits per heavy atom. The van der Waals surface area contributed by atoms with Gasteiger partial charge >= 0.3 is 13.8 Å². The standard InChI is InChI=1S/C49H78NO7P/c1-3-5-7-9-11-13-15-17-19-20-21-22-23-24-25-26-27-29-31-33-35-37-39-41-44-54-46-48(47-56-58(52,53)55-45-43-50)57-49(51)42-40-38-36-34-32-30-28-18-16-14-12-10-8-6-4-2/h5-8,11-14,17-19,21-22,24-25,27-29,32-35,48H,3-4,9-10,15-16,20,23,26,30-31,36-47,50H2,1-2H3,(H,52,53)/b7-5-,8-6-,13-11-,14-12-,19-17-,22-21-,25-24-,28-18-,29-27-,34-32-,35-33-. The van der Waals surface area contributed by atoms with E-state index in [9.17, 15) is 14.3 Å². The first-order chi connectivity index (χ1) is 28.4. The molecule has 2 unspecified atom stereocenters. The summed E-state index contributed by atoms with van der Waals surface area (Å²) in [6.07, 6.45) is 63.4. The summed E-state index contributed by atoms with van der Waals surface area (Å²) >= 11 is 0. The molecule has 0 rings (SSSR count). The van der Waals surface area contributed by atoms with E-state index in [2.05, 4.69) is 148 Å². The lowest BCUT2D eigenvalue weighted by atomic mass is 10.2. The monoisotopic (exact) mass is 824 g/mol. The summed E-state index contributed by atoms with van der Waals surface area (Å²) in [5.41, 5.74) is 5.36. The normalized spacial score (nSPS) is 14.8. The zero-order valence-electron chi connectivity index (χ0n) is 36.0. The molecule has 0 aromatic carbocycles. The molecule has 58 heavy (non-hydrogen) atoms. The van der Waals surface area contributed by atoms with Crippen molar-refractivity contribution in [2.45, 2.75) is 136 Å². The first kappa shape index (κ1) is 54.6. The summed E-state index contributed by atoms with van der Waals surface area (Å²) in [6, 6.07) is 0. The average molecular weight is 824 g/mol. The van der Waals surface area contributed by atoms with E-state index in [4.69, 9.17) is 24.3 Å². The Morgan fingerprint density at radius 3 is 1.29 bits per heavy atom. The fourth-order valence-electron chi connectivity index (χ4n) is 4.96. The van der Waals surface area contributed by atoms with E-state index in [1.807, 2.05) is 0 Å². The number of ether oxygens (including phenoxy) is 2. The minimum atomic E-state index is -4.31. The van der Waals surface area contributed by atoms with Crippen LogP contribution in [0, 0.1) is 0 Å². The second-order valence-electron chi connectivity index (χ2n) is 13.4. The van der Waals surface area contributed by atoms with Crippen LogP contribution in [0.4, 0.5) is 0 Å². The third-order valence-corrected chi connectivity index (χ3v) is 9.05. The number of nitrogens with two attached hydrogens (primary N) is 1. The molecule has 0 aromatic heterocycles. The van der Waals surface area contributed by atoms with Crippen molar-refractivity contribution in [2.24, 2.45) is 5.73 Å². The zero-order valence-corrected chi connectivity index (χ0v) is 36.9. The molecule has 0 aromatic rings. The molecule has 0 aliphatic heterocycles. The highest BCUT2D eigenvalue weighted by molar-refractivity contribution is 7.47. The number of unbranched alkanes of at least 4 members (excludes halogenated alkanes) is 4. The van der Waals surface area contributed by atoms with Crippen LogP contribution in [0.1, 0.15) is 129 Å². The molecule has 0 aliphatic carbocycles. The van der Waals surface area contributed by atoms with E-state index < -0.39 is 19.9 Å². The van der Waals surface area contributed by atoms with Gasteiger partial charge in [0.25, 0.3) is 0 Å². The maximum absolute atomic E-state index is 12.6. The quantitative estimate of drug-likeness (QED) is 0.0272. The van der Waals surface area contributed by atoms with Crippen molar-refractivity contribution in [3.63, 3.8) is 0 Å². The highest BCUT2D eigenvalue weighted by Crippen LogP contribution is 2.43. The lowest BCUT2D eigenvalue weighted by Gasteiger charge is -2.20. The molecule has 0 saturated carbocycles. The SMILES string of the molecule is CC/C=C\C/C=C\C/C=C\C/C=C\C/C=C\C/C=C\C/C=C\CCCCOCC(COP(=O)(O)OCCN)OC(=O)CCCC/C=C\C/C=C\C/C=C\C/C=C\CC. The maximum Gasteiger partial charge on any atom is 0.472 e.